The monoisotopic (exact) mass is 379 g/mol. The van der Waals surface area contributed by atoms with Gasteiger partial charge in [-0.1, -0.05) is 42.5 Å². The smallest absolute Gasteiger partial charge is 0.160 e. The van der Waals surface area contributed by atoms with Crippen LogP contribution in [-0.2, 0) is 6.54 Å². The second-order valence-corrected chi connectivity index (χ2v) is 7.42. The molecule has 2 aromatic carbocycles. The number of H-pyrrole nitrogens is 1. The van der Waals surface area contributed by atoms with Crippen LogP contribution in [0.2, 0.25) is 0 Å². The van der Waals surface area contributed by atoms with Gasteiger partial charge in [-0.25, -0.2) is 9.97 Å². The Kier molecular flexibility index (Phi) is 4.21. The highest BCUT2D eigenvalue weighted by Crippen LogP contribution is 2.28. The molecule has 3 heterocycles. The minimum atomic E-state index is 0.749. The van der Waals surface area contributed by atoms with E-state index in [0.717, 1.165) is 34.9 Å². The molecule has 5 heteroatoms. The van der Waals surface area contributed by atoms with Crippen LogP contribution in [0.3, 0.4) is 0 Å². The number of aromatic amines is 1. The number of aryl methyl sites for hydroxylation is 2. The van der Waals surface area contributed by atoms with Gasteiger partial charge in [0.2, 0.25) is 0 Å². The molecule has 1 aromatic heterocycles. The van der Waals surface area contributed by atoms with Gasteiger partial charge in [-0.05, 0) is 42.2 Å². The Morgan fingerprint density at radius 1 is 0.828 bits per heavy atom. The van der Waals surface area contributed by atoms with Crippen molar-refractivity contribution >= 4 is 0 Å². The highest BCUT2D eigenvalue weighted by Gasteiger charge is 2.13. The summed E-state index contributed by atoms with van der Waals surface area (Å²) < 4.78 is 2.09. The molecule has 0 aliphatic carbocycles. The van der Waals surface area contributed by atoms with E-state index < -0.39 is 0 Å². The summed E-state index contributed by atoms with van der Waals surface area (Å²) in [5.41, 5.74) is 8.99. The van der Waals surface area contributed by atoms with E-state index in [2.05, 4.69) is 71.1 Å². The predicted molar refractivity (Wildman–Crippen MR) is 115 cm³/mol. The van der Waals surface area contributed by atoms with E-state index in [0.29, 0.717) is 0 Å². The van der Waals surface area contributed by atoms with Crippen molar-refractivity contribution in [1.82, 2.24) is 24.7 Å². The van der Waals surface area contributed by atoms with Crippen LogP contribution in [0.25, 0.3) is 33.9 Å². The van der Waals surface area contributed by atoms with Crippen LogP contribution in [0.5, 0.6) is 0 Å². The largest absolute Gasteiger partial charge is 0.347 e. The van der Waals surface area contributed by atoms with E-state index in [-0.39, 0.29) is 0 Å². The second kappa shape index (κ2) is 7.02. The fourth-order valence-corrected chi connectivity index (χ4v) is 3.49. The van der Waals surface area contributed by atoms with Gasteiger partial charge in [-0.15, -0.1) is 0 Å². The number of pyridine rings is 1. The van der Waals surface area contributed by atoms with Crippen molar-refractivity contribution in [2.45, 2.75) is 20.4 Å². The highest BCUT2D eigenvalue weighted by molar-refractivity contribution is 5.71. The van der Waals surface area contributed by atoms with Crippen LogP contribution in [0.15, 0.2) is 73.3 Å². The van der Waals surface area contributed by atoms with Gasteiger partial charge in [0.15, 0.2) is 5.82 Å². The quantitative estimate of drug-likeness (QED) is 0.472. The molecule has 0 unspecified atom stereocenters. The highest BCUT2D eigenvalue weighted by atomic mass is 15.1. The van der Waals surface area contributed by atoms with Gasteiger partial charge in [0, 0.05) is 29.7 Å². The Balaban J connectivity index is 1.43. The lowest BCUT2D eigenvalue weighted by Crippen LogP contribution is -1.99. The van der Waals surface area contributed by atoms with Crippen LogP contribution >= 0.6 is 0 Å². The molecular formula is C24H21N5. The number of hydrogen-bond acceptors (Lipinski definition) is 3. The predicted octanol–water partition coefficient (Wildman–Crippen LogP) is 5.11. The van der Waals surface area contributed by atoms with E-state index in [1.54, 1.807) is 0 Å². The van der Waals surface area contributed by atoms with Crippen molar-refractivity contribution in [3.8, 4) is 33.9 Å². The van der Waals surface area contributed by atoms with Crippen molar-refractivity contribution in [1.29, 1.82) is 0 Å². The number of hydrogen-bond donors (Lipinski definition) is 1. The van der Waals surface area contributed by atoms with Gasteiger partial charge >= 0.3 is 0 Å². The molecule has 29 heavy (non-hydrogen) atoms. The molecule has 0 saturated heterocycles. The number of rotatable bonds is 4. The molecule has 0 amide bonds. The van der Waals surface area contributed by atoms with Crippen molar-refractivity contribution < 1.29 is 0 Å². The summed E-state index contributed by atoms with van der Waals surface area (Å²) in [5, 5.41) is 6.84. The molecule has 0 bridgehead atoms. The molecular weight excluding hydrogens is 358 g/mol. The molecule has 0 radical (unpaired) electrons. The van der Waals surface area contributed by atoms with E-state index in [9.17, 15) is 0 Å². The lowest BCUT2D eigenvalue weighted by atomic mass is 9.99. The number of fused-ring (bicyclic) bond motifs is 1. The summed E-state index contributed by atoms with van der Waals surface area (Å²) in [6.45, 7) is 5.03. The number of nitrogens with zero attached hydrogens (tertiary/aromatic N) is 4. The molecule has 0 saturated carbocycles. The third-order valence-electron chi connectivity index (χ3n) is 5.33. The minimum absolute atomic E-state index is 0.749. The van der Waals surface area contributed by atoms with Crippen LogP contribution in [0.4, 0.5) is 0 Å². The first-order chi connectivity index (χ1) is 14.2. The zero-order chi connectivity index (χ0) is 19.8. The van der Waals surface area contributed by atoms with Crippen molar-refractivity contribution in [2.75, 3.05) is 0 Å². The Morgan fingerprint density at radius 2 is 1.59 bits per heavy atom. The van der Waals surface area contributed by atoms with Gasteiger partial charge in [-0.2, -0.15) is 5.10 Å². The van der Waals surface area contributed by atoms with E-state index in [1.165, 1.54) is 22.3 Å². The van der Waals surface area contributed by atoms with E-state index >= 15 is 0 Å². The van der Waals surface area contributed by atoms with Gasteiger partial charge in [-0.3, -0.25) is 5.10 Å². The molecule has 142 valence electrons. The van der Waals surface area contributed by atoms with Crippen molar-refractivity contribution in [3.05, 3.63) is 90.0 Å². The second-order valence-electron chi connectivity index (χ2n) is 7.42. The molecule has 1 N–H and O–H groups in total. The third kappa shape index (κ3) is 3.43. The van der Waals surface area contributed by atoms with Crippen molar-refractivity contribution in [3.63, 3.8) is 0 Å². The maximum atomic E-state index is 4.75. The summed E-state index contributed by atoms with van der Waals surface area (Å²) in [4.78, 5) is 9.45. The zero-order valence-corrected chi connectivity index (χ0v) is 16.4. The standard InChI is InChI=1S/C24H21N5/c1-16-3-4-21(11-17(16)2)19-5-7-20(8-6-19)24-27-22-9-10-29(15-23(22)28-24)14-18-12-25-26-13-18/h3-13,15H,14H2,1-2H3,(H,25,26). The molecule has 5 rings (SSSR count). The first kappa shape index (κ1) is 17.4. The summed E-state index contributed by atoms with van der Waals surface area (Å²) in [7, 11) is 0. The minimum Gasteiger partial charge on any atom is -0.347 e. The molecule has 0 spiro atoms. The Morgan fingerprint density at radius 3 is 2.34 bits per heavy atom. The van der Waals surface area contributed by atoms with Crippen LogP contribution in [0.1, 0.15) is 16.7 Å². The first-order valence-electron chi connectivity index (χ1n) is 9.65. The molecule has 0 fully saturated rings. The van der Waals surface area contributed by atoms with Crippen LogP contribution in [-0.4, -0.2) is 24.7 Å². The Labute approximate surface area is 169 Å². The summed E-state index contributed by atoms with van der Waals surface area (Å²) in [5.74, 6) is 0.757. The normalized spacial score (nSPS) is 11.2. The van der Waals surface area contributed by atoms with Gasteiger partial charge in [0.1, 0.15) is 5.69 Å². The molecule has 2 aliphatic rings. The van der Waals surface area contributed by atoms with Crippen LogP contribution in [0, 0.1) is 13.8 Å². The zero-order valence-electron chi connectivity index (χ0n) is 16.4. The van der Waals surface area contributed by atoms with Crippen molar-refractivity contribution in [2.24, 2.45) is 0 Å². The van der Waals surface area contributed by atoms with Gasteiger partial charge in [0.25, 0.3) is 0 Å². The fraction of sp³-hybridized carbons (Fsp3) is 0.125. The SMILES string of the molecule is Cc1ccc(-c2ccc(-c3nc4ccn(Cc5cn[nH]c5)cc-4n3)cc2)cc1C. The average molecular weight is 379 g/mol. The lowest BCUT2D eigenvalue weighted by Gasteiger charge is -2.06. The van der Waals surface area contributed by atoms with E-state index in [4.69, 9.17) is 9.97 Å². The summed E-state index contributed by atoms with van der Waals surface area (Å²) >= 11 is 0. The maximum absolute atomic E-state index is 4.75. The summed E-state index contributed by atoms with van der Waals surface area (Å²) in [6.07, 6.45) is 7.78. The Bertz CT molecular complexity index is 1230. The molecule has 0 atom stereocenters. The third-order valence-corrected chi connectivity index (χ3v) is 5.33. The lowest BCUT2D eigenvalue weighted by molar-refractivity contribution is 0.790. The van der Waals surface area contributed by atoms with Gasteiger partial charge < -0.3 is 4.57 Å². The number of imidazole rings is 1. The average Bonchev–Trinajstić information content (AvgIpc) is 3.40. The topological polar surface area (TPSA) is 59.4 Å². The Hall–Kier alpha value is -3.73. The van der Waals surface area contributed by atoms with Crippen LogP contribution < -0.4 is 0 Å². The number of nitrogens with one attached hydrogen (secondary N) is 1. The molecule has 3 aromatic rings. The van der Waals surface area contributed by atoms with Gasteiger partial charge in [0.05, 0.1) is 18.4 Å². The molecule has 5 nitrogen and oxygen atoms in total. The van der Waals surface area contributed by atoms with E-state index in [1.807, 2.05) is 30.9 Å². The maximum Gasteiger partial charge on any atom is 0.160 e. The molecule has 2 aliphatic heterocycles. The fourth-order valence-electron chi connectivity index (χ4n) is 3.49. The summed E-state index contributed by atoms with van der Waals surface area (Å²) in [6, 6.07) is 17.1. The first-order valence-corrected chi connectivity index (χ1v) is 9.65. The number of aromatic nitrogens is 5. The number of benzene rings is 2.